The highest BCUT2D eigenvalue weighted by Gasteiger charge is 2.02. The van der Waals surface area contributed by atoms with Gasteiger partial charge in [-0.15, -0.1) is 0 Å². The molecule has 3 nitrogen and oxygen atoms in total. The zero-order valence-corrected chi connectivity index (χ0v) is 7.54. The maximum Gasteiger partial charge on any atom is 0.209 e. The molecule has 0 aliphatic carbocycles. The van der Waals surface area contributed by atoms with Gasteiger partial charge in [0.25, 0.3) is 0 Å². The molecule has 0 aromatic rings. The molecule has 0 unspecified atom stereocenters. The third-order valence-electron chi connectivity index (χ3n) is 1.33. The highest BCUT2D eigenvalue weighted by molar-refractivity contribution is 5.46. The van der Waals surface area contributed by atoms with Gasteiger partial charge in [-0.1, -0.05) is 13.8 Å². The van der Waals surface area contributed by atoms with Crippen molar-refractivity contribution >= 4 is 6.41 Å². The Morgan fingerprint density at radius 1 is 1.55 bits per heavy atom. The van der Waals surface area contributed by atoms with Gasteiger partial charge in [0.05, 0.1) is 6.61 Å². The minimum Gasteiger partial charge on any atom is -0.383 e. The van der Waals surface area contributed by atoms with Crippen molar-refractivity contribution in [2.24, 2.45) is 5.92 Å². The van der Waals surface area contributed by atoms with E-state index in [2.05, 4.69) is 13.8 Å². The monoisotopic (exact) mass is 159 g/mol. The van der Waals surface area contributed by atoms with Gasteiger partial charge in [0.1, 0.15) is 0 Å². The molecular formula is C8H17NO2. The lowest BCUT2D eigenvalue weighted by molar-refractivity contribution is -0.119. The first-order valence-corrected chi connectivity index (χ1v) is 3.89. The Hall–Kier alpha value is -0.570. The lowest BCUT2D eigenvalue weighted by Gasteiger charge is -2.18. The minimum atomic E-state index is 0.525. The second-order valence-corrected chi connectivity index (χ2v) is 2.99. The number of ether oxygens (including phenoxy) is 1. The van der Waals surface area contributed by atoms with E-state index in [1.165, 1.54) is 0 Å². The summed E-state index contributed by atoms with van der Waals surface area (Å²) >= 11 is 0. The number of amides is 1. The van der Waals surface area contributed by atoms with Crippen LogP contribution in [0.1, 0.15) is 13.8 Å². The van der Waals surface area contributed by atoms with E-state index in [0.29, 0.717) is 19.1 Å². The molecule has 0 spiro atoms. The minimum absolute atomic E-state index is 0.525. The Labute approximate surface area is 68.3 Å². The highest BCUT2D eigenvalue weighted by Crippen LogP contribution is 1.94. The van der Waals surface area contributed by atoms with E-state index >= 15 is 0 Å². The van der Waals surface area contributed by atoms with Crippen molar-refractivity contribution in [3.8, 4) is 0 Å². The first-order valence-electron chi connectivity index (χ1n) is 3.89. The summed E-state index contributed by atoms with van der Waals surface area (Å²) in [6.07, 6.45) is 0.874. The third kappa shape index (κ3) is 5.85. The molecule has 0 aromatic carbocycles. The van der Waals surface area contributed by atoms with Crippen LogP contribution in [-0.2, 0) is 9.53 Å². The van der Waals surface area contributed by atoms with Gasteiger partial charge in [0.15, 0.2) is 0 Å². The molecule has 3 heteroatoms. The molecule has 0 saturated carbocycles. The molecule has 0 aliphatic heterocycles. The first kappa shape index (κ1) is 10.4. The Kier molecular flexibility index (Phi) is 5.84. The third-order valence-corrected chi connectivity index (χ3v) is 1.33. The fourth-order valence-corrected chi connectivity index (χ4v) is 0.865. The highest BCUT2D eigenvalue weighted by atomic mass is 16.5. The number of nitrogens with zero attached hydrogens (tertiary/aromatic N) is 1. The normalized spacial score (nSPS) is 10.2. The Morgan fingerprint density at radius 3 is 2.55 bits per heavy atom. The molecule has 0 bridgehead atoms. The van der Waals surface area contributed by atoms with Crippen LogP contribution in [0.2, 0.25) is 0 Å². The van der Waals surface area contributed by atoms with Crippen molar-refractivity contribution in [3.63, 3.8) is 0 Å². The first-order chi connectivity index (χ1) is 5.20. The lowest BCUT2D eigenvalue weighted by Crippen LogP contribution is -2.29. The van der Waals surface area contributed by atoms with Crippen LogP contribution in [-0.4, -0.2) is 38.1 Å². The summed E-state index contributed by atoms with van der Waals surface area (Å²) in [7, 11) is 1.64. The molecule has 0 aliphatic rings. The maximum absolute atomic E-state index is 10.4. The van der Waals surface area contributed by atoms with Crippen molar-refractivity contribution in [2.75, 3.05) is 26.8 Å². The molecule has 66 valence electrons. The van der Waals surface area contributed by atoms with E-state index in [1.54, 1.807) is 12.0 Å². The summed E-state index contributed by atoms with van der Waals surface area (Å²) in [5, 5.41) is 0. The van der Waals surface area contributed by atoms with Crippen LogP contribution >= 0.6 is 0 Å². The molecule has 0 N–H and O–H groups in total. The van der Waals surface area contributed by atoms with E-state index in [0.717, 1.165) is 13.0 Å². The van der Waals surface area contributed by atoms with Crippen molar-refractivity contribution in [2.45, 2.75) is 13.8 Å². The van der Waals surface area contributed by atoms with Gasteiger partial charge < -0.3 is 9.64 Å². The lowest BCUT2D eigenvalue weighted by atomic mass is 10.2. The van der Waals surface area contributed by atoms with Crippen LogP contribution < -0.4 is 0 Å². The summed E-state index contributed by atoms with van der Waals surface area (Å²) in [5.41, 5.74) is 0. The summed E-state index contributed by atoms with van der Waals surface area (Å²) in [6, 6.07) is 0. The van der Waals surface area contributed by atoms with Crippen LogP contribution in [0.15, 0.2) is 0 Å². The van der Waals surface area contributed by atoms with Crippen molar-refractivity contribution in [1.29, 1.82) is 0 Å². The van der Waals surface area contributed by atoms with Crippen LogP contribution in [0.5, 0.6) is 0 Å². The molecule has 0 radical (unpaired) electrons. The molecule has 0 aromatic heterocycles. The van der Waals surface area contributed by atoms with E-state index in [-0.39, 0.29) is 0 Å². The standard InChI is InChI=1S/C8H17NO2/c1-8(2)6-9(7-10)4-5-11-3/h7-8H,4-6H2,1-3H3. The number of methoxy groups -OCH3 is 1. The molecule has 0 rings (SSSR count). The Morgan fingerprint density at radius 2 is 2.18 bits per heavy atom. The largest absolute Gasteiger partial charge is 0.383 e. The van der Waals surface area contributed by atoms with E-state index in [4.69, 9.17) is 4.74 Å². The topological polar surface area (TPSA) is 29.5 Å². The molecule has 0 atom stereocenters. The second-order valence-electron chi connectivity index (χ2n) is 2.99. The molecule has 11 heavy (non-hydrogen) atoms. The summed E-state index contributed by atoms with van der Waals surface area (Å²) in [5.74, 6) is 0.525. The number of rotatable bonds is 6. The smallest absolute Gasteiger partial charge is 0.209 e. The van der Waals surface area contributed by atoms with Gasteiger partial charge in [-0.2, -0.15) is 0 Å². The van der Waals surface area contributed by atoms with Gasteiger partial charge in [-0.05, 0) is 5.92 Å². The Balaban J connectivity index is 3.49. The zero-order chi connectivity index (χ0) is 8.69. The number of carbonyl (C=O) groups excluding carboxylic acids is 1. The molecule has 1 amide bonds. The predicted octanol–water partition coefficient (Wildman–Crippen LogP) is 0.747. The maximum atomic E-state index is 10.4. The quantitative estimate of drug-likeness (QED) is 0.535. The SMILES string of the molecule is COCCN(C=O)CC(C)C. The van der Waals surface area contributed by atoms with E-state index < -0.39 is 0 Å². The Bertz CT molecular complexity index is 104. The van der Waals surface area contributed by atoms with Gasteiger partial charge >= 0.3 is 0 Å². The van der Waals surface area contributed by atoms with Crippen LogP contribution in [0.25, 0.3) is 0 Å². The van der Waals surface area contributed by atoms with Crippen LogP contribution in [0.3, 0.4) is 0 Å². The van der Waals surface area contributed by atoms with E-state index in [1.807, 2.05) is 0 Å². The molecule has 0 heterocycles. The number of hydrogen-bond donors (Lipinski definition) is 0. The van der Waals surface area contributed by atoms with Gasteiger partial charge in [-0.25, -0.2) is 0 Å². The number of carbonyl (C=O) groups is 1. The summed E-state index contributed by atoms with van der Waals surface area (Å²) in [6.45, 7) is 6.29. The zero-order valence-electron chi connectivity index (χ0n) is 7.54. The molecular weight excluding hydrogens is 142 g/mol. The molecule has 0 fully saturated rings. The van der Waals surface area contributed by atoms with Gasteiger partial charge in [0.2, 0.25) is 6.41 Å². The summed E-state index contributed by atoms with van der Waals surface area (Å²) in [4.78, 5) is 12.1. The van der Waals surface area contributed by atoms with Crippen molar-refractivity contribution < 1.29 is 9.53 Å². The average Bonchev–Trinajstić information content (AvgIpc) is 1.97. The second kappa shape index (κ2) is 6.16. The predicted molar refractivity (Wildman–Crippen MR) is 44.4 cm³/mol. The van der Waals surface area contributed by atoms with Crippen LogP contribution in [0, 0.1) is 5.92 Å². The van der Waals surface area contributed by atoms with Crippen molar-refractivity contribution in [3.05, 3.63) is 0 Å². The average molecular weight is 159 g/mol. The van der Waals surface area contributed by atoms with Crippen LogP contribution in [0.4, 0.5) is 0 Å². The van der Waals surface area contributed by atoms with E-state index in [9.17, 15) is 4.79 Å². The van der Waals surface area contributed by atoms with Gasteiger partial charge in [0, 0.05) is 20.2 Å². The van der Waals surface area contributed by atoms with Crippen molar-refractivity contribution in [1.82, 2.24) is 4.90 Å². The molecule has 0 saturated heterocycles. The fraction of sp³-hybridized carbons (Fsp3) is 0.875. The number of hydrogen-bond acceptors (Lipinski definition) is 2. The fourth-order valence-electron chi connectivity index (χ4n) is 0.865. The summed E-state index contributed by atoms with van der Waals surface area (Å²) < 4.78 is 4.86. The van der Waals surface area contributed by atoms with Gasteiger partial charge in [-0.3, -0.25) is 4.79 Å².